The molecule has 0 fully saturated rings. The zero-order valence-electron chi connectivity index (χ0n) is 10.6. The van der Waals surface area contributed by atoms with Crippen LogP contribution in [0.25, 0.3) is 10.2 Å². The predicted octanol–water partition coefficient (Wildman–Crippen LogP) is 2.77. The Bertz CT molecular complexity index is 661. The fourth-order valence-electron chi connectivity index (χ4n) is 1.56. The Morgan fingerprint density at radius 2 is 2.11 bits per heavy atom. The molecule has 1 aromatic heterocycles. The minimum Gasteiger partial charge on any atom is -0.326 e. The summed E-state index contributed by atoms with van der Waals surface area (Å²) in [5, 5.41) is 5.94. The number of carbonyl (C=O) groups excluding carboxylic acids is 2. The maximum Gasteiger partial charge on any atom is 0.249 e. The Kier molecular flexibility index (Phi) is 3.91. The van der Waals surface area contributed by atoms with Crippen LogP contribution in [0, 0.1) is 0 Å². The van der Waals surface area contributed by atoms with Crippen LogP contribution in [0.1, 0.15) is 13.8 Å². The molecule has 2 aromatic rings. The topological polar surface area (TPSA) is 71.1 Å². The first-order valence-corrected chi connectivity index (χ1v) is 6.52. The van der Waals surface area contributed by atoms with Crippen molar-refractivity contribution in [2.75, 3.05) is 10.6 Å². The number of amides is 2. The second kappa shape index (κ2) is 5.62. The first-order chi connectivity index (χ1) is 9.08. The molecule has 0 saturated heterocycles. The fraction of sp³-hybridized carbons (Fsp3) is 0.154. The Labute approximate surface area is 114 Å². The molecule has 0 saturated carbocycles. The summed E-state index contributed by atoms with van der Waals surface area (Å²) in [4.78, 5) is 26.7. The van der Waals surface area contributed by atoms with Gasteiger partial charge in [0, 0.05) is 12.6 Å². The summed E-state index contributed by atoms with van der Waals surface area (Å²) in [7, 11) is 0. The molecule has 1 heterocycles. The highest BCUT2D eigenvalue weighted by Crippen LogP contribution is 2.28. The van der Waals surface area contributed by atoms with Crippen molar-refractivity contribution < 1.29 is 9.59 Å². The normalized spacial score (nSPS) is 10.8. The van der Waals surface area contributed by atoms with E-state index in [1.54, 1.807) is 19.1 Å². The summed E-state index contributed by atoms with van der Waals surface area (Å²) in [6, 6.07) is 5.42. The smallest absolute Gasteiger partial charge is 0.249 e. The summed E-state index contributed by atoms with van der Waals surface area (Å²) < 4.78 is 0.905. The summed E-state index contributed by atoms with van der Waals surface area (Å²) in [5.74, 6) is -0.325. The minimum absolute atomic E-state index is 0.120. The monoisotopic (exact) mass is 275 g/mol. The standard InChI is InChI=1S/C13H13N3O2S/c1-3-4-12(18)16-13-15-10-6-5-9(14-8(2)17)7-11(10)19-13/h3-7H,1-2H3,(H,14,17)(H,15,16,18)/b4-3+. The van der Waals surface area contributed by atoms with Gasteiger partial charge in [-0.05, 0) is 31.2 Å². The van der Waals surface area contributed by atoms with Gasteiger partial charge in [0.2, 0.25) is 11.8 Å². The molecule has 0 bridgehead atoms. The van der Waals surface area contributed by atoms with E-state index in [0.717, 1.165) is 15.9 Å². The van der Waals surface area contributed by atoms with Crippen LogP contribution in [0.3, 0.4) is 0 Å². The van der Waals surface area contributed by atoms with Gasteiger partial charge in [-0.15, -0.1) is 0 Å². The molecule has 0 aliphatic carbocycles. The van der Waals surface area contributed by atoms with Gasteiger partial charge in [0.1, 0.15) is 0 Å². The number of nitrogens with one attached hydrogen (secondary N) is 2. The van der Waals surface area contributed by atoms with Crippen molar-refractivity contribution in [3.8, 4) is 0 Å². The van der Waals surface area contributed by atoms with Crippen molar-refractivity contribution in [1.82, 2.24) is 4.98 Å². The molecule has 2 N–H and O–H groups in total. The second-order valence-corrected chi connectivity index (χ2v) is 4.90. The first-order valence-electron chi connectivity index (χ1n) is 5.70. The van der Waals surface area contributed by atoms with Crippen LogP contribution in [0.15, 0.2) is 30.4 Å². The van der Waals surface area contributed by atoms with E-state index >= 15 is 0 Å². The number of benzene rings is 1. The Morgan fingerprint density at radius 3 is 2.79 bits per heavy atom. The van der Waals surface area contributed by atoms with Gasteiger partial charge in [-0.25, -0.2) is 4.98 Å². The third-order valence-electron chi connectivity index (χ3n) is 2.26. The number of fused-ring (bicyclic) bond motifs is 1. The number of allylic oxidation sites excluding steroid dienone is 1. The quantitative estimate of drug-likeness (QED) is 0.846. The van der Waals surface area contributed by atoms with Crippen molar-refractivity contribution in [3.63, 3.8) is 0 Å². The molecule has 0 radical (unpaired) electrons. The van der Waals surface area contributed by atoms with E-state index in [1.807, 2.05) is 12.1 Å². The van der Waals surface area contributed by atoms with Crippen LogP contribution in [-0.2, 0) is 9.59 Å². The van der Waals surface area contributed by atoms with Gasteiger partial charge in [-0.1, -0.05) is 17.4 Å². The Morgan fingerprint density at radius 1 is 1.32 bits per heavy atom. The van der Waals surface area contributed by atoms with Gasteiger partial charge < -0.3 is 5.32 Å². The van der Waals surface area contributed by atoms with Crippen LogP contribution in [0.2, 0.25) is 0 Å². The number of nitrogens with zero attached hydrogens (tertiary/aromatic N) is 1. The molecular formula is C13H13N3O2S. The molecule has 0 aliphatic rings. The lowest BCUT2D eigenvalue weighted by atomic mass is 10.3. The zero-order chi connectivity index (χ0) is 13.8. The molecule has 1 aromatic carbocycles. The number of aromatic nitrogens is 1. The number of carbonyl (C=O) groups is 2. The lowest BCUT2D eigenvalue weighted by Gasteiger charge is -1.99. The highest BCUT2D eigenvalue weighted by molar-refractivity contribution is 7.22. The molecule has 2 amide bonds. The lowest BCUT2D eigenvalue weighted by molar-refractivity contribution is -0.114. The summed E-state index contributed by atoms with van der Waals surface area (Å²) in [6.45, 7) is 3.23. The fourth-order valence-corrected chi connectivity index (χ4v) is 2.47. The van der Waals surface area contributed by atoms with E-state index in [1.165, 1.54) is 24.3 Å². The average molecular weight is 275 g/mol. The SMILES string of the molecule is C/C=C/C(=O)Nc1nc2ccc(NC(C)=O)cc2s1. The number of anilines is 2. The highest BCUT2D eigenvalue weighted by atomic mass is 32.1. The molecule has 6 heteroatoms. The predicted molar refractivity (Wildman–Crippen MR) is 77.4 cm³/mol. The van der Waals surface area contributed by atoms with Crippen LogP contribution >= 0.6 is 11.3 Å². The van der Waals surface area contributed by atoms with E-state index in [-0.39, 0.29) is 11.8 Å². The number of hydrogen-bond acceptors (Lipinski definition) is 4. The molecule has 0 atom stereocenters. The van der Waals surface area contributed by atoms with Gasteiger partial charge in [-0.3, -0.25) is 14.9 Å². The van der Waals surface area contributed by atoms with Crippen molar-refractivity contribution >= 4 is 44.2 Å². The maximum absolute atomic E-state index is 11.4. The van der Waals surface area contributed by atoms with Crippen LogP contribution in [-0.4, -0.2) is 16.8 Å². The molecule has 98 valence electrons. The van der Waals surface area contributed by atoms with Crippen molar-refractivity contribution in [2.45, 2.75) is 13.8 Å². The van der Waals surface area contributed by atoms with E-state index < -0.39 is 0 Å². The first kappa shape index (κ1) is 13.2. The van der Waals surface area contributed by atoms with E-state index in [4.69, 9.17) is 0 Å². The van der Waals surface area contributed by atoms with Gasteiger partial charge in [0.05, 0.1) is 10.2 Å². The van der Waals surface area contributed by atoms with Crippen molar-refractivity contribution in [2.24, 2.45) is 0 Å². The Balaban J connectivity index is 2.25. The molecular weight excluding hydrogens is 262 g/mol. The second-order valence-electron chi connectivity index (χ2n) is 3.87. The maximum atomic E-state index is 11.4. The number of rotatable bonds is 3. The average Bonchev–Trinajstić information content (AvgIpc) is 2.69. The van der Waals surface area contributed by atoms with Gasteiger partial charge in [0.25, 0.3) is 0 Å². The third kappa shape index (κ3) is 3.38. The zero-order valence-corrected chi connectivity index (χ0v) is 11.4. The molecule has 2 rings (SSSR count). The largest absolute Gasteiger partial charge is 0.326 e. The minimum atomic E-state index is -0.205. The van der Waals surface area contributed by atoms with Crippen LogP contribution in [0.4, 0.5) is 10.8 Å². The van der Waals surface area contributed by atoms with E-state index in [9.17, 15) is 9.59 Å². The van der Waals surface area contributed by atoms with Gasteiger partial charge in [-0.2, -0.15) is 0 Å². The number of hydrogen-bond donors (Lipinski definition) is 2. The lowest BCUT2D eigenvalue weighted by Crippen LogP contribution is -2.06. The van der Waals surface area contributed by atoms with E-state index in [0.29, 0.717) is 5.13 Å². The van der Waals surface area contributed by atoms with E-state index in [2.05, 4.69) is 15.6 Å². The molecule has 5 nitrogen and oxygen atoms in total. The van der Waals surface area contributed by atoms with Gasteiger partial charge in [0.15, 0.2) is 5.13 Å². The molecule has 19 heavy (non-hydrogen) atoms. The van der Waals surface area contributed by atoms with Gasteiger partial charge >= 0.3 is 0 Å². The molecule has 0 unspecified atom stereocenters. The van der Waals surface area contributed by atoms with Crippen molar-refractivity contribution in [1.29, 1.82) is 0 Å². The van der Waals surface area contributed by atoms with Crippen LogP contribution in [0.5, 0.6) is 0 Å². The third-order valence-corrected chi connectivity index (χ3v) is 3.19. The Hall–Kier alpha value is -2.21. The highest BCUT2D eigenvalue weighted by Gasteiger charge is 2.07. The molecule has 0 aliphatic heterocycles. The summed E-state index contributed by atoms with van der Waals surface area (Å²) in [5.41, 5.74) is 1.50. The van der Waals surface area contributed by atoms with Crippen LogP contribution < -0.4 is 10.6 Å². The summed E-state index contributed by atoms with van der Waals surface area (Å²) >= 11 is 1.36. The number of thiazole rings is 1. The van der Waals surface area contributed by atoms with Crippen molar-refractivity contribution in [3.05, 3.63) is 30.4 Å². The summed E-state index contributed by atoms with van der Waals surface area (Å²) in [6.07, 6.45) is 3.10. The molecule has 0 spiro atoms.